The molecule has 1 aliphatic heterocycles. The SMILES string of the molecule is O=C1S[C@H](Cc2cc(Br)c(OCc3ccc(Cl)cc3)c(Br)c2)C(=O)N1Cc1ccc(F)cc1. The van der Waals surface area contributed by atoms with E-state index in [1.807, 2.05) is 36.4 Å². The fourth-order valence-electron chi connectivity index (χ4n) is 3.36. The molecule has 0 unspecified atom stereocenters. The number of hydrogen-bond donors (Lipinski definition) is 0. The normalized spacial score (nSPS) is 15.9. The van der Waals surface area contributed by atoms with Gasteiger partial charge in [0, 0.05) is 5.02 Å². The van der Waals surface area contributed by atoms with E-state index >= 15 is 0 Å². The Morgan fingerprint density at radius 2 is 1.55 bits per heavy atom. The van der Waals surface area contributed by atoms with Crippen molar-refractivity contribution in [2.75, 3.05) is 0 Å². The molecular weight excluding hydrogens is 597 g/mol. The summed E-state index contributed by atoms with van der Waals surface area (Å²) >= 11 is 14.0. The first-order chi connectivity index (χ1) is 15.8. The number of halogens is 4. The van der Waals surface area contributed by atoms with Gasteiger partial charge in [-0.3, -0.25) is 14.5 Å². The Bertz CT molecular complexity index is 1170. The third-order valence-electron chi connectivity index (χ3n) is 5.03. The van der Waals surface area contributed by atoms with E-state index in [0.717, 1.165) is 31.8 Å². The van der Waals surface area contributed by atoms with Crippen LogP contribution in [0.5, 0.6) is 5.75 Å². The maximum absolute atomic E-state index is 13.1. The van der Waals surface area contributed by atoms with Gasteiger partial charge in [-0.05, 0) is 91.4 Å². The molecule has 1 atom stereocenters. The molecule has 0 aromatic heterocycles. The molecule has 0 radical (unpaired) electrons. The van der Waals surface area contributed by atoms with Gasteiger partial charge in [-0.2, -0.15) is 0 Å². The Balaban J connectivity index is 1.42. The number of nitrogens with zero attached hydrogens (tertiary/aromatic N) is 1. The van der Waals surface area contributed by atoms with Gasteiger partial charge in [0.15, 0.2) is 0 Å². The lowest BCUT2D eigenvalue weighted by Crippen LogP contribution is -2.31. The van der Waals surface area contributed by atoms with Crippen molar-refractivity contribution in [1.29, 1.82) is 0 Å². The van der Waals surface area contributed by atoms with Gasteiger partial charge in [-0.15, -0.1) is 0 Å². The molecule has 0 aliphatic carbocycles. The van der Waals surface area contributed by atoms with Gasteiger partial charge in [0.1, 0.15) is 18.2 Å². The van der Waals surface area contributed by atoms with E-state index in [1.165, 1.54) is 17.0 Å². The van der Waals surface area contributed by atoms with E-state index in [-0.39, 0.29) is 23.5 Å². The highest BCUT2D eigenvalue weighted by Crippen LogP contribution is 2.38. The van der Waals surface area contributed by atoms with Crippen molar-refractivity contribution in [2.24, 2.45) is 0 Å². The lowest BCUT2D eigenvalue weighted by molar-refractivity contribution is -0.127. The second-order valence-corrected chi connectivity index (χ2v) is 10.7. The van der Waals surface area contributed by atoms with E-state index in [4.69, 9.17) is 16.3 Å². The van der Waals surface area contributed by atoms with Crippen molar-refractivity contribution in [3.05, 3.63) is 97.1 Å². The number of amides is 2. The van der Waals surface area contributed by atoms with Crippen LogP contribution < -0.4 is 4.74 Å². The number of rotatable bonds is 7. The molecule has 0 saturated carbocycles. The third kappa shape index (κ3) is 5.98. The monoisotopic (exact) mass is 611 g/mol. The fraction of sp³-hybridized carbons (Fsp3) is 0.167. The molecule has 3 aromatic rings. The number of ether oxygens (including phenoxy) is 1. The minimum absolute atomic E-state index is 0.131. The molecule has 4 rings (SSSR count). The minimum Gasteiger partial charge on any atom is -0.487 e. The quantitative estimate of drug-likeness (QED) is 0.279. The van der Waals surface area contributed by atoms with Crippen LogP contribution in [0.25, 0.3) is 0 Å². The molecule has 4 nitrogen and oxygen atoms in total. The zero-order valence-corrected chi connectivity index (χ0v) is 21.8. The van der Waals surface area contributed by atoms with Crippen LogP contribution in [0.4, 0.5) is 9.18 Å². The summed E-state index contributed by atoms with van der Waals surface area (Å²) in [6.07, 6.45) is 0.393. The zero-order chi connectivity index (χ0) is 23.5. The zero-order valence-electron chi connectivity index (χ0n) is 17.1. The van der Waals surface area contributed by atoms with Gasteiger partial charge >= 0.3 is 0 Å². The van der Waals surface area contributed by atoms with E-state index in [1.54, 1.807) is 12.1 Å². The first-order valence-corrected chi connectivity index (χ1v) is 12.8. The predicted octanol–water partition coefficient (Wildman–Crippen LogP) is 7.39. The van der Waals surface area contributed by atoms with E-state index in [0.29, 0.717) is 29.4 Å². The molecule has 170 valence electrons. The van der Waals surface area contributed by atoms with Crippen LogP contribution in [0.2, 0.25) is 5.02 Å². The molecule has 0 N–H and O–H groups in total. The number of carbonyl (C=O) groups excluding carboxylic acids is 2. The van der Waals surface area contributed by atoms with Crippen LogP contribution in [-0.2, 0) is 24.4 Å². The first kappa shape index (κ1) is 24.3. The van der Waals surface area contributed by atoms with Crippen LogP contribution >= 0.6 is 55.2 Å². The van der Waals surface area contributed by atoms with Gasteiger partial charge in [-0.25, -0.2) is 4.39 Å². The number of hydrogen-bond acceptors (Lipinski definition) is 4. The Morgan fingerprint density at radius 1 is 0.939 bits per heavy atom. The molecule has 0 bridgehead atoms. The summed E-state index contributed by atoms with van der Waals surface area (Å²) in [6, 6.07) is 17.0. The molecule has 1 saturated heterocycles. The van der Waals surface area contributed by atoms with Crippen molar-refractivity contribution in [1.82, 2.24) is 4.90 Å². The summed E-state index contributed by atoms with van der Waals surface area (Å²) in [4.78, 5) is 26.5. The number of carbonyl (C=O) groups is 2. The number of imide groups is 1. The van der Waals surface area contributed by atoms with Crippen molar-refractivity contribution in [3.63, 3.8) is 0 Å². The average Bonchev–Trinajstić information content (AvgIpc) is 3.03. The Morgan fingerprint density at radius 3 is 2.18 bits per heavy atom. The first-order valence-electron chi connectivity index (χ1n) is 9.92. The molecule has 0 spiro atoms. The minimum atomic E-state index is -0.516. The van der Waals surface area contributed by atoms with Crippen molar-refractivity contribution >= 4 is 66.4 Å². The lowest BCUT2D eigenvalue weighted by atomic mass is 10.1. The van der Waals surface area contributed by atoms with Crippen LogP contribution in [0.1, 0.15) is 16.7 Å². The second kappa shape index (κ2) is 10.6. The van der Waals surface area contributed by atoms with Gasteiger partial charge < -0.3 is 4.74 Å². The van der Waals surface area contributed by atoms with Gasteiger partial charge in [0.2, 0.25) is 5.91 Å². The van der Waals surface area contributed by atoms with E-state index < -0.39 is 5.25 Å². The smallest absolute Gasteiger partial charge is 0.289 e. The molecule has 1 fully saturated rings. The van der Waals surface area contributed by atoms with Crippen LogP contribution in [0.15, 0.2) is 69.6 Å². The summed E-state index contributed by atoms with van der Waals surface area (Å²) in [7, 11) is 0. The topological polar surface area (TPSA) is 46.6 Å². The molecular formula is C24H17Br2ClFNO3S. The third-order valence-corrected chi connectivity index (χ3v) is 7.54. The molecule has 9 heteroatoms. The summed E-state index contributed by atoms with van der Waals surface area (Å²) < 4.78 is 20.6. The van der Waals surface area contributed by atoms with Crippen LogP contribution in [-0.4, -0.2) is 21.3 Å². The largest absolute Gasteiger partial charge is 0.487 e. The van der Waals surface area contributed by atoms with Crippen LogP contribution in [0, 0.1) is 5.82 Å². The van der Waals surface area contributed by atoms with Crippen molar-refractivity contribution in [3.8, 4) is 5.75 Å². The number of thioether (sulfide) groups is 1. The molecule has 33 heavy (non-hydrogen) atoms. The summed E-state index contributed by atoms with van der Waals surface area (Å²) in [5, 5.41) is -0.146. The number of benzene rings is 3. The molecule has 3 aromatic carbocycles. The van der Waals surface area contributed by atoms with E-state index in [9.17, 15) is 14.0 Å². The second-order valence-electron chi connectivity index (χ2n) is 7.43. The summed E-state index contributed by atoms with van der Waals surface area (Å²) in [6.45, 7) is 0.504. The van der Waals surface area contributed by atoms with Gasteiger partial charge in [0.25, 0.3) is 5.24 Å². The molecule has 1 heterocycles. The van der Waals surface area contributed by atoms with Gasteiger partial charge in [-0.1, -0.05) is 47.6 Å². The van der Waals surface area contributed by atoms with E-state index in [2.05, 4.69) is 31.9 Å². The highest BCUT2D eigenvalue weighted by atomic mass is 79.9. The average molecular weight is 614 g/mol. The Labute approximate surface area is 216 Å². The van der Waals surface area contributed by atoms with Crippen LogP contribution in [0.3, 0.4) is 0 Å². The Kier molecular flexibility index (Phi) is 7.79. The van der Waals surface area contributed by atoms with Crippen molar-refractivity contribution < 1.29 is 18.7 Å². The summed E-state index contributed by atoms with van der Waals surface area (Å²) in [5.41, 5.74) is 2.57. The highest BCUT2D eigenvalue weighted by Gasteiger charge is 2.39. The maximum Gasteiger partial charge on any atom is 0.289 e. The lowest BCUT2D eigenvalue weighted by Gasteiger charge is -2.15. The standard InChI is InChI=1S/C24H17Br2ClFNO3S/c25-19-9-16(10-20(26)22(19)32-13-15-1-5-17(27)6-2-15)11-21-23(30)29(24(31)33-21)12-14-3-7-18(28)8-4-14/h1-10,21H,11-13H2/t21-/m1/s1. The molecule has 1 aliphatic rings. The predicted molar refractivity (Wildman–Crippen MR) is 135 cm³/mol. The fourth-order valence-corrected chi connectivity index (χ4v) is 6.03. The Hall–Kier alpha value is -1.87. The summed E-state index contributed by atoms with van der Waals surface area (Å²) in [5.74, 6) is 0.0413. The molecule has 2 amide bonds. The van der Waals surface area contributed by atoms with Gasteiger partial charge in [0.05, 0.1) is 20.7 Å². The van der Waals surface area contributed by atoms with Crippen molar-refractivity contribution in [2.45, 2.75) is 24.8 Å². The highest BCUT2D eigenvalue weighted by molar-refractivity contribution is 9.11. The maximum atomic E-state index is 13.1.